The summed E-state index contributed by atoms with van der Waals surface area (Å²) in [5, 5.41) is 19.6. The highest BCUT2D eigenvalue weighted by Crippen LogP contribution is 2.29. The maximum atomic E-state index is 13.6. The molecule has 5 atom stereocenters. The number of hydrogen-bond donors (Lipinski definition) is 4. The molecule has 1 unspecified atom stereocenters. The number of nitrogens with one attached hydrogen (secondary N) is 3. The number of aromatic nitrogens is 1. The van der Waals surface area contributed by atoms with Crippen LogP contribution in [-0.4, -0.2) is 102 Å². The quantitative estimate of drug-likeness (QED) is 0.185. The third kappa shape index (κ3) is 8.64. The first kappa shape index (κ1) is 29.8. The molecule has 4 rings (SSSR count). The van der Waals surface area contributed by atoms with Crippen molar-refractivity contribution in [2.24, 2.45) is 0 Å². The summed E-state index contributed by atoms with van der Waals surface area (Å²) >= 11 is 0. The molecule has 0 bridgehead atoms. The van der Waals surface area contributed by atoms with Crippen LogP contribution in [0.1, 0.15) is 25.1 Å². The first-order valence-electron chi connectivity index (χ1n) is 13.7. The number of carbonyl (C=O) groups excluding carboxylic acids is 3. The number of carbonyl (C=O) groups is 3. The van der Waals surface area contributed by atoms with Gasteiger partial charge in [-0.15, -0.1) is 0 Å². The number of epoxide rings is 1. The standard InChI is InChI=1S/C29H39N5O6/c1-20(31-25(35)18-34-12-14-39-15-13-34)27(37)33-24(17-22-10-6-7-11-30-22)28(38)32-23(26(36)29(2)19-40-29)16-21-8-4-3-5-9-21/h3-11,20,23-24,27,33,37H,12-19H2,1-2H3,(H,31,35)(H,32,38)/t20-,23-,24-,27?,29+/m0/s1. The molecule has 0 saturated carbocycles. The predicted octanol–water partition coefficient (Wildman–Crippen LogP) is -0.177. The van der Waals surface area contributed by atoms with Crippen molar-refractivity contribution in [3.05, 3.63) is 66.0 Å². The zero-order valence-electron chi connectivity index (χ0n) is 23.0. The Bertz CT molecular complexity index is 1120. The minimum absolute atomic E-state index is 0.165. The van der Waals surface area contributed by atoms with Crippen molar-refractivity contribution < 1.29 is 29.0 Å². The fourth-order valence-electron chi connectivity index (χ4n) is 4.60. The third-order valence-electron chi connectivity index (χ3n) is 7.18. The van der Waals surface area contributed by atoms with Gasteiger partial charge in [-0.2, -0.15) is 0 Å². The summed E-state index contributed by atoms with van der Waals surface area (Å²) in [6.45, 7) is 6.38. The number of benzene rings is 1. The summed E-state index contributed by atoms with van der Waals surface area (Å²) in [7, 11) is 0. The molecule has 4 N–H and O–H groups in total. The SMILES string of the molecule is C[C@H](NC(=O)CN1CCOCC1)C(O)N[C@@H](Cc1ccccn1)C(=O)N[C@@H](Cc1ccccc1)C(=O)[C@@]1(C)CO1. The molecule has 2 fully saturated rings. The molecule has 2 aliphatic rings. The van der Waals surface area contributed by atoms with Crippen molar-refractivity contribution in [2.45, 2.75) is 56.6 Å². The molecule has 11 heteroatoms. The number of aliphatic hydroxyl groups is 1. The normalized spacial score (nSPS) is 22.0. The summed E-state index contributed by atoms with van der Waals surface area (Å²) in [6, 6.07) is 12.4. The number of ether oxygens (including phenoxy) is 2. The molecule has 0 radical (unpaired) electrons. The Morgan fingerprint density at radius 2 is 1.73 bits per heavy atom. The van der Waals surface area contributed by atoms with Gasteiger partial charge in [0.1, 0.15) is 11.8 Å². The van der Waals surface area contributed by atoms with Crippen LogP contribution in [0.25, 0.3) is 0 Å². The molecule has 2 amide bonds. The van der Waals surface area contributed by atoms with Crippen LogP contribution in [0.5, 0.6) is 0 Å². The average molecular weight is 554 g/mol. The number of pyridine rings is 1. The van der Waals surface area contributed by atoms with Crippen molar-refractivity contribution in [3.63, 3.8) is 0 Å². The minimum Gasteiger partial charge on any atom is -0.379 e. The van der Waals surface area contributed by atoms with Crippen LogP contribution in [0.2, 0.25) is 0 Å². The molecular formula is C29H39N5O6. The van der Waals surface area contributed by atoms with Crippen LogP contribution >= 0.6 is 0 Å². The van der Waals surface area contributed by atoms with Crippen molar-refractivity contribution in [1.82, 2.24) is 25.8 Å². The summed E-state index contributed by atoms with van der Waals surface area (Å²) < 4.78 is 10.7. The van der Waals surface area contributed by atoms with E-state index in [0.29, 0.717) is 45.0 Å². The molecule has 2 aromatic rings. The van der Waals surface area contributed by atoms with Crippen molar-refractivity contribution in [1.29, 1.82) is 0 Å². The molecule has 2 aliphatic heterocycles. The second-order valence-electron chi connectivity index (χ2n) is 10.6. The Kier molecular flexibility index (Phi) is 10.3. The molecule has 216 valence electrons. The van der Waals surface area contributed by atoms with Crippen LogP contribution in [0.4, 0.5) is 0 Å². The lowest BCUT2D eigenvalue weighted by Gasteiger charge is -2.29. The van der Waals surface area contributed by atoms with Crippen LogP contribution in [0.15, 0.2) is 54.7 Å². The van der Waals surface area contributed by atoms with Gasteiger partial charge in [-0.3, -0.25) is 29.6 Å². The van der Waals surface area contributed by atoms with Gasteiger partial charge in [0.25, 0.3) is 0 Å². The molecule has 2 saturated heterocycles. The first-order chi connectivity index (χ1) is 19.2. The number of morpholine rings is 1. The van der Waals surface area contributed by atoms with E-state index in [0.717, 1.165) is 5.56 Å². The van der Waals surface area contributed by atoms with E-state index in [-0.39, 0.29) is 24.7 Å². The van der Waals surface area contributed by atoms with Gasteiger partial charge in [-0.1, -0.05) is 36.4 Å². The Morgan fingerprint density at radius 3 is 2.38 bits per heavy atom. The van der Waals surface area contributed by atoms with E-state index in [9.17, 15) is 19.5 Å². The topological polar surface area (TPSA) is 145 Å². The highest BCUT2D eigenvalue weighted by atomic mass is 16.6. The Morgan fingerprint density at radius 1 is 1.02 bits per heavy atom. The second kappa shape index (κ2) is 13.9. The lowest BCUT2D eigenvalue weighted by atomic mass is 9.94. The van der Waals surface area contributed by atoms with E-state index in [2.05, 4.69) is 20.9 Å². The van der Waals surface area contributed by atoms with Gasteiger partial charge in [0.05, 0.1) is 44.5 Å². The van der Waals surface area contributed by atoms with Gasteiger partial charge >= 0.3 is 0 Å². The van der Waals surface area contributed by atoms with Gasteiger partial charge in [0.2, 0.25) is 11.8 Å². The van der Waals surface area contributed by atoms with Crippen LogP contribution in [0, 0.1) is 0 Å². The molecule has 11 nitrogen and oxygen atoms in total. The van der Waals surface area contributed by atoms with Crippen LogP contribution in [0.3, 0.4) is 0 Å². The maximum Gasteiger partial charge on any atom is 0.238 e. The number of amides is 2. The highest BCUT2D eigenvalue weighted by molar-refractivity contribution is 5.97. The predicted molar refractivity (Wildman–Crippen MR) is 147 cm³/mol. The smallest absolute Gasteiger partial charge is 0.238 e. The number of hydrogen-bond acceptors (Lipinski definition) is 9. The number of nitrogens with zero attached hydrogens (tertiary/aromatic N) is 2. The molecule has 1 aromatic heterocycles. The Balaban J connectivity index is 1.43. The van der Waals surface area contributed by atoms with Crippen LogP contribution in [-0.2, 0) is 36.7 Å². The first-order valence-corrected chi connectivity index (χ1v) is 13.7. The summed E-state index contributed by atoms with van der Waals surface area (Å²) in [5.41, 5.74) is 0.612. The van der Waals surface area contributed by atoms with Gasteiger partial charge in [-0.05, 0) is 38.0 Å². The van der Waals surface area contributed by atoms with Gasteiger partial charge in [0.15, 0.2) is 5.78 Å². The van der Waals surface area contributed by atoms with E-state index in [1.165, 1.54) is 0 Å². The van der Waals surface area contributed by atoms with Crippen LogP contribution < -0.4 is 16.0 Å². The number of Topliss-reactive ketones (excluding diaryl/α,β-unsaturated/α-hetero) is 1. The summed E-state index contributed by atoms with van der Waals surface area (Å²) in [6.07, 6.45) is 0.859. The van der Waals surface area contributed by atoms with Crippen molar-refractivity contribution in [2.75, 3.05) is 39.5 Å². The Labute approximate surface area is 234 Å². The summed E-state index contributed by atoms with van der Waals surface area (Å²) in [4.78, 5) is 45.8. The lowest BCUT2D eigenvalue weighted by Crippen LogP contribution is -2.59. The van der Waals surface area contributed by atoms with Crippen molar-refractivity contribution in [3.8, 4) is 0 Å². The van der Waals surface area contributed by atoms with Gasteiger partial charge < -0.3 is 25.2 Å². The van der Waals surface area contributed by atoms with Crippen molar-refractivity contribution >= 4 is 17.6 Å². The van der Waals surface area contributed by atoms with E-state index in [1.807, 2.05) is 41.3 Å². The number of rotatable bonds is 14. The number of aliphatic hydroxyl groups excluding tert-OH is 1. The summed E-state index contributed by atoms with van der Waals surface area (Å²) in [5.74, 6) is -0.896. The van der Waals surface area contributed by atoms with E-state index in [4.69, 9.17) is 9.47 Å². The van der Waals surface area contributed by atoms with E-state index < -0.39 is 35.9 Å². The monoisotopic (exact) mass is 553 g/mol. The zero-order valence-corrected chi connectivity index (χ0v) is 23.0. The fourth-order valence-corrected chi connectivity index (χ4v) is 4.60. The lowest BCUT2D eigenvalue weighted by molar-refractivity contribution is -0.132. The Hall–Kier alpha value is -3.22. The maximum absolute atomic E-state index is 13.6. The van der Waals surface area contributed by atoms with E-state index in [1.54, 1.807) is 32.2 Å². The molecule has 1 aromatic carbocycles. The van der Waals surface area contributed by atoms with Gasteiger partial charge in [-0.25, -0.2) is 0 Å². The minimum atomic E-state index is -1.24. The zero-order chi connectivity index (χ0) is 28.5. The van der Waals surface area contributed by atoms with Gasteiger partial charge in [0, 0.05) is 31.4 Å². The number of ketones is 1. The molecule has 0 aliphatic carbocycles. The molecule has 40 heavy (non-hydrogen) atoms. The molecule has 0 spiro atoms. The molecular weight excluding hydrogens is 514 g/mol. The fraction of sp³-hybridized carbons (Fsp3) is 0.517. The largest absolute Gasteiger partial charge is 0.379 e. The third-order valence-corrected chi connectivity index (χ3v) is 7.18. The van der Waals surface area contributed by atoms with E-state index >= 15 is 0 Å². The second-order valence-corrected chi connectivity index (χ2v) is 10.6. The highest BCUT2D eigenvalue weighted by Gasteiger charge is 2.50. The average Bonchev–Trinajstić information content (AvgIpc) is 3.71. The molecule has 3 heterocycles.